The fraction of sp³-hybridized carbons (Fsp3) is 0.579. The molecule has 0 bridgehead atoms. The Labute approximate surface area is 143 Å². The van der Waals surface area contributed by atoms with Crippen molar-refractivity contribution in [3.63, 3.8) is 0 Å². The van der Waals surface area contributed by atoms with Gasteiger partial charge in [-0.25, -0.2) is 0 Å². The van der Waals surface area contributed by atoms with Gasteiger partial charge in [-0.3, -0.25) is 9.59 Å². The standard InChI is InChI=1S/C19H26N2O3/c1-13-3-6-17(11-14(13)2)24-12-18(22)20-16-7-9-21(10-8-16)19(23)15-4-5-15/h3,6,11,15-16H,4-5,7-10,12H2,1-2H3,(H,20,22). The number of nitrogens with zero attached hydrogens (tertiary/aromatic N) is 1. The van der Waals surface area contributed by atoms with Crippen molar-refractivity contribution in [1.82, 2.24) is 10.2 Å². The molecule has 0 spiro atoms. The summed E-state index contributed by atoms with van der Waals surface area (Å²) in [5.74, 6) is 1.21. The van der Waals surface area contributed by atoms with Crippen LogP contribution in [0.4, 0.5) is 0 Å². The van der Waals surface area contributed by atoms with Crippen molar-refractivity contribution in [3.8, 4) is 5.75 Å². The molecule has 130 valence electrons. The van der Waals surface area contributed by atoms with E-state index in [2.05, 4.69) is 5.32 Å². The van der Waals surface area contributed by atoms with Gasteiger partial charge in [-0.05, 0) is 62.8 Å². The fourth-order valence-corrected chi connectivity index (χ4v) is 3.05. The van der Waals surface area contributed by atoms with Crippen molar-refractivity contribution in [1.29, 1.82) is 0 Å². The lowest BCUT2D eigenvalue weighted by atomic mass is 10.0. The van der Waals surface area contributed by atoms with Crippen LogP contribution in [0.2, 0.25) is 0 Å². The van der Waals surface area contributed by atoms with Gasteiger partial charge in [-0.2, -0.15) is 0 Å². The fourth-order valence-electron chi connectivity index (χ4n) is 3.05. The summed E-state index contributed by atoms with van der Waals surface area (Å²) in [6.07, 6.45) is 3.75. The summed E-state index contributed by atoms with van der Waals surface area (Å²) in [5, 5.41) is 3.02. The molecule has 0 unspecified atom stereocenters. The second-order valence-corrected chi connectivity index (χ2v) is 6.98. The maximum atomic E-state index is 12.1. The van der Waals surface area contributed by atoms with Crippen molar-refractivity contribution in [3.05, 3.63) is 29.3 Å². The van der Waals surface area contributed by atoms with Crippen LogP contribution in [0, 0.1) is 19.8 Å². The summed E-state index contributed by atoms with van der Waals surface area (Å²) in [6, 6.07) is 5.97. The average molecular weight is 330 g/mol. The van der Waals surface area contributed by atoms with Crippen molar-refractivity contribution in [2.24, 2.45) is 5.92 Å². The number of likely N-dealkylation sites (tertiary alicyclic amines) is 1. The summed E-state index contributed by atoms with van der Waals surface area (Å²) >= 11 is 0. The Kier molecular flexibility index (Phi) is 5.07. The third-order valence-electron chi connectivity index (χ3n) is 4.95. The Hall–Kier alpha value is -2.04. The van der Waals surface area contributed by atoms with Gasteiger partial charge in [0.1, 0.15) is 5.75 Å². The second kappa shape index (κ2) is 7.24. The molecule has 5 heteroatoms. The zero-order valence-electron chi connectivity index (χ0n) is 14.5. The molecule has 1 aromatic carbocycles. The van der Waals surface area contributed by atoms with E-state index < -0.39 is 0 Å². The van der Waals surface area contributed by atoms with Crippen LogP contribution in [0.3, 0.4) is 0 Å². The first-order valence-electron chi connectivity index (χ1n) is 8.81. The summed E-state index contributed by atoms with van der Waals surface area (Å²) in [6.45, 7) is 5.60. The van der Waals surface area contributed by atoms with E-state index >= 15 is 0 Å². The van der Waals surface area contributed by atoms with Gasteiger partial charge in [-0.15, -0.1) is 0 Å². The molecule has 0 radical (unpaired) electrons. The quantitative estimate of drug-likeness (QED) is 0.900. The van der Waals surface area contributed by atoms with Crippen molar-refractivity contribution >= 4 is 11.8 Å². The summed E-state index contributed by atoms with van der Waals surface area (Å²) in [4.78, 5) is 26.0. The number of rotatable bonds is 5. The van der Waals surface area contributed by atoms with Crippen molar-refractivity contribution < 1.29 is 14.3 Å². The zero-order valence-corrected chi connectivity index (χ0v) is 14.5. The first-order valence-corrected chi connectivity index (χ1v) is 8.81. The molecule has 2 amide bonds. The van der Waals surface area contributed by atoms with E-state index in [0.717, 1.165) is 50.1 Å². The van der Waals surface area contributed by atoms with Gasteiger partial charge in [0.05, 0.1) is 0 Å². The van der Waals surface area contributed by atoms with E-state index in [1.807, 2.05) is 36.9 Å². The Bertz CT molecular complexity index is 617. The zero-order chi connectivity index (χ0) is 17.1. The Morgan fingerprint density at radius 2 is 1.83 bits per heavy atom. The molecule has 0 atom stereocenters. The van der Waals surface area contributed by atoms with Crippen LogP contribution < -0.4 is 10.1 Å². The summed E-state index contributed by atoms with van der Waals surface area (Å²) in [5.41, 5.74) is 2.36. The van der Waals surface area contributed by atoms with Gasteiger partial charge >= 0.3 is 0 Å². The monoisotopic (exact) mass is 330 g/mol. The first kappa shape index (κ1) is 16.8. The minimum atomic E-state index is -0.0970. The number of carbonyl (C=O) groups is 2. The maximum Gasteiger partial charge on any atom is 0.258 e. The predicted molar refractivity (Wildman–Crippen MR) is 91.9 cm³/mol. The number of amides is 2. The van der Waals surface area contributed by atoms with Gasteiger partial charge < -0.3 is 15.0 Å². The predicted octanol–water partition coefficient (Wildman–Crippen LogP) is 2.20. The normalized spacial score (nSPS) is 18.3. The van der Waals surface area contributed by atoms with Crippen LogP contribution in [0.1, 0.15) is 36.8 Å². The molecule has 1 heterocycles. The molecule has 24 heavy (non-hydrogen) atoms. The minimum absolute atomic E-state index is 0.0315. The van der Waals surface area contributed by atoms with Gasteiger partial charge in [0.15, 0.2) is 6.61 Å². The molecule has 2 aliphatic rings. The molecule has 1 aliphatic carbocycles. The van der Waals surface area contributed by atoms with Crippen LogP contribution in [-0.2, 0) is 9.59 Å². The minimum Gasteiger partial charge on any atom is -0.484 e. The molecular weight excluding hydrogens is 304 g/mol. The molecular formula is C19H26N2O3. The van der Waals surface area contributed by atoms with Crippen LogP contribution in [-0.4, -0.2) is 42.5 Å². The van der Waals surface area contributed by atoms with Crippen molar-refractivity contribution in [2.45, 2.75) is 45.6 Å². The Morgan fingerprint density at radius 3 is 2.46 bits per heavy atom. The van der Waals surface area contributed by atoms with Gasteiger partial charge in [-0.1, -0.05) is 6.07 Å². The number of aryl methyl sites for hydroxylation is 2. The lowest BCUT2D eigenvalue weighted by Gasteiger charge is -2.32. The number of hydrogen-bond donors (Lipinski definition) is 1. The SMILES string of the molecule is Cc1ccc(OCC(=O)NC2CCN(C(=O)C3CC3)CC2)cc1C. The van der Waals surface area contributed by atoms with Crippen LogP contribution >= 0.6 is 0 Å². The van der Waals surface area contributed by atoms with E-state index in [1.165, 1.54) is 5.56 Å². The topological polar surface area (TPSA) is 58.6 Å². The first-order chi connectivity index (χ1) is 11.5. The third kappa shape index (κ3) is 4.28. The van der Waals surface area contributed by atoms with Crippen molar-refractivity contribution in [2.75, 3.05) is 19.7 Å². The number of ether oxygens (including phenoxy) is 1. The molecule has 1 aromatic rings. The Balaban J connectivity index is 1.39. The Morgan fingerprint density at radius 1 is 1.12 bits per heavy atom. The highest BCUT2D eigenvalue weighted by Gasteiger charge is 2.35. The highest BCUT2D eigenvalue weighted by molar-refractivity contribution is 5.81. The van der Waals surface area contributed by atoms with Gasteiger partial charge in [0.25, 0.3) is 5.91 Å². The molecule has 0 aromatic heterocycles. The number of benzene rings is 1. The highest BCUT2D eigenvalue weighted by atomic mass is 16.5. The molecule has 5 nitrogen and oxygen atoms in total. The second-order valence-electron chi connectivity index (χ2n) is 6.98. The number of hydrogen-bond acceptors (Lipinski definition) is 3. The van der Waals surface area contributed by atoms with E-state index in [1.54, 1.807) is 0 Å². The van der Waals surface area contributed by atoms with Gasteiger partial charge in [0.2, 0.25) is 5.91 Å². The highest BCUT2D eigenvalue weighted by Crippen LogP contribution is 2.31. The van der Waals surface area contributed by atoms with E-state index in [0.29, 0.717) is 5.91 Å². The van der Waals surface area contributed by atoms with Crippen LogP contribution in [0.25, 0.3) is 0 Å². The molecule has 2 fully saturated rings. The molecule has 1 saturated carbocycles. The van der Waals surface area contributed by atoms with Crippen LogP contribution in [0.5, 0.6) is 5.75 Å². The molecule has 1 aliphatic heterocycles. The lowest BCUT2D eigenvalue weighted by Crippen LogP contribution is -2.47. The smallest absolute Gasteiger partial charge is 0.258 e. The van der Waals surface area contributed by atoms with E-state index in [4.69, 9.17) is 4.74 Å². The largest absolute Gasteiger partial charge is 0.484 e. The van der Waals surface area contributed by atoms with E-state index in [9.17, 15) is 9.59 Å². The average Bonchev–Trinajstić information content (AvgIpc) is 3.41. The van der Waals surface area contributed by atoms with Gasteiger partial charge in [0, 0.05) is 25.0 Å². The molecule has 1 N–H and O–H groups in total. The maximum absolute atomic E-state index is 12.1. The number of nitrogens with one attached hydrogen (secondary N) is 1. The summed E-state index contributed by atoms with van der Waals surface area (Å²) in [7, 11) is 0. The molecule has 1 saturated heterocycles. The summed E-state index contributed by atoms with van der Waals surface area (Å²) < 4.78 is 5.57. The lowest BCUT2D eigenvalue weighted by molar-refractivity contribution is -0.133. The molecule has 3 rings (SSSR count). The van der Waals surface area contributed by atoms with Crippen LogP contribution in [0.15, 0.2) is 18.2 Å². The number of piperidine rings is 1. The van der Waals surface area contributed by atoms with E-state index in [-0.39, 0.29) is 24.5 Å². The number of carbonyl (C=O) groups excluding carboxylic acids is 2. The third-order valence-corrected chi connectivity index (χ3v) is 4.95.